The van der Waals surface area contributed by atoms with E-state index in [2.05, 4.69) is 42.2 Å². The van der Waals surface area contributed by atoms with Crippen LogP contribution in [-0.2, 0) is 0 Å². The van der Waals surface area contributed by atoms with Crippen LogP contribution in [0, 0.1) is 6.92 Å². The van der Waals surface area contributed by atoms with E-state index in [0.29, 0.717) is 11.4 Å². The molecule has 1 heterocycles. The minimum Gasteiger partial charge on any atom is -0.307 e. The molecule has 3 nitrogen and oxygen atoms in total. The van der Waals surface area contributed by atoms with Crippen LogP contribution in [0.1, 0.15) is 15.9 Å². The first-order chi connectivity index (χ1) is 8.56. The van der Waals surface area contributed by atoms with Crippen molar-refractivity contribution < 1.29 is 4.79 Å². The molecule has 1 aromatic carbocycles. The molecule has 2 rings (SSSR count). The molecule has 0 aliphatic carbocycles. The number of hydrogen-bond acceptors (Lipinski definition) is 2. The largest absolute Gasteiger partial charge is 0.307 e. The van der Waals surface area contributed by atoms with Crippen LogP contribution in [0.25, 0.3) is 0 Å². The number of hydrogen-bond donors (Lipinski definition) is 1. The summed E-state index contributed by atoms with van der Waals surface area (Å²) in [4.78, 5) is 16.2. The molecular formula is C13H10Br2N2O. The zero-order valence-electron chi connectivity index (χ0n) is 9.58. The molecule has 0 aliphatic heterocycles. The first-order valence-electron chi connectivity index (χ1n) is 5.25. The van der Waals surface area contributed by atoms with Crippen molar-refractivity contribution in [3.05, 3.63) is 56.6 Å². The highest BCUT2D eigenvalue weighted by Gasteiger charge is 2.10. The average molecular weight is 370 g/mol. The second-order valence-electron chi connectivity index (χ2n) is 3.77. The molecule has 1 aromatic heterocycles. The van der Waals surface area contributed by atoms with Gasteiger partial charge in [0.1, 0.15) is 5.82 Å². The zero-order valence-corrected chi connectivity index (χ0v) is 12.7. The lowest BCUT2D eigenvalue weighted by Gasteiger charge is -2.07. The Morgan fingerprint density at radius 2 is 1.89 bits per heavy atom. The van der Waals surface area contributed by atoms with Gasteiger partial charge in [0.15, 0.2) is 0 Å². The summed E-state index contributed by atoms with van der Waals surface area (Å²) in [5.41, 5.74) is 1.55. The predicted molar refractivity (Wildman–Crippen MR) is 78.8 cm³/mol. The lowest BCUT2D eigenvalue weighted by Crippen LogP contribution is -2.14. The summed E-state index contributed by atoms with van der Waals surface area (Å²) in [7, 11) is 0. The van der Waals surface area contributed by atoms with Gasteiger partial charge in [0, 0.05) is 20.7 Å². The number of carbonyl (C=O) groups excluding carboxylic acids is 1. The van der Waals surface area contributed by atoms with Crippen LogP contribution in [0.3, 0.4) is 0 Å². The maximum atomic E-state index is 12.1. The smallest absolute Gasteiger partial charge is 0.257 e. The van der Waals surface area contributed by atoms with Gasteiger partial charge >= 0.3 is 0 Å². The SMILES string of the molecule is Cc1cc(Br)ccc1C(=O)Nc1cc(Br)ccn1. The molecule has 0 bridgehead atoms. The van der Waals surface area contributed by atoms with Crippen LogP contribution in [0.5, 0.6) is 0 Å². The quantitative estimate of drug-likeness (QED) is 0.863. The van der Waals surface area contributed by atoms with Gasteiger partial charge in [-0.3, -0.25) is 4.79 Å². The van der Waals surface area contributed by atoms with Crippen molar-refractivity contribution in [1.82, 2.24) is 4.98 Å². The fourth-order valence-corrected chi connectivity index (χ4v) is 2.35. The number of amides is 1. The lowest BCUT2D eigenvalue weighted by molar-refractivity contribution is 0.102. The third kappa shape index (κ3) is 3.17. The van der Waals surface area contributed by atoms with Crippen molar-refractivity contribution >= 4 is 43.6 Å². The predicted octanol–water partition coefficient (Wildman–Crippen LogP) is 4.17. The van der Waals surface area contributed by atoms with Gasteiger partial charge < -0.3 is 5.32 Å². The second-order valence-corrected chi connectivity index (χ2v) is 5.60. The zero-order chi connectivity index (χ0) is 13.1. The number of rotatable bonds is 2. The van der Waals surface area contributed by atoms with E-state index in [0.717, 1.165) is 14.5 Å². The Morgan fingerprint density at radius 3 is 2.56 bits per heavy atom. The maximum absolute atomic E-state index is 12.1. The Kier molecular flexibility index (Phi) is 4.14. The van der Waals surface area contributed by atoms with E-state index in [1.54, 1.807) is 24.4 Å². The summed E-state index contributed by atoms with van der Waals surface area (Å²) in [6.07, 6.45) is 1.63. The Labute approximate surface area is 122 Å². The molecule has 0 unspecified atom stereocenters. The van der Waals surface area contributed by atoms with E-state index in [9.17, 15) is 4.79 Å². The summed E-state index contributed by atoms with van der Waals surface area (Å²) >= 11 is 6.71. The Balaban J connectivity index is 2.22. The molecule has 1 N–H and O–H groups in total. The van der Waals surface area contributed by atoms with E-state index in [1.165, 1.54) is 0 Å². The summed E-state index contributed by atoms with van der Waals surface area (Å²) in [6.45, 7) is 1.90. The molecule has 0 spiro atoms. The fraction of sp³-hybridized carbons (Fsp3) is 0.0769. The highest BCUT2D eigenvalue weighted by atomic mass is 79.9. The molecule has 18 heavy (non-hydrogen) atoms. The number of benzene rings is 1. The van der Waals surface area contributed by atoms with Crippen molar-refractivity contribution in [1.29, 1.82) is 0 Å². The minimum atomic E-state index is -0.161. The van der Waals surface area contributed by atoms with Crippen molar-refractivity contribution in [3.8, 4) is 0 Å². The Morgan fingerprint density at radius 1 is 1.17 bits per heavy atom. The Hall–Kier alpha value is -1.20. The lowest BCUT2D eigenvalue weighted by atomic mass is 10.1. The van der Waals surface area contributed by atoms with E-state index in [1.807, 2.05) is 19.1 Å². The van der Waals surface area contributed by atoms with E-state index in [4.69, 9.17) is 0 Å². The topological polar surface area (TPSA) is 42.0 Å². The van der Waals surface area contributed by atoms with Gasteiger partial charge in [-0.1, -0.05) is 31.9 Å². The van der Waals surface area contributed by atoms with Crippen LogP contribution < -0.4 is 5.32 Å². The number of nitrogens with zero attached hydrogens (tertiary/aromatic N) is 1. The summed E-state index contributed by atoms with van der Waals surface area (Å²) in [6, 6.07) is 9.10. The molecule has 0 saturated carbocycles. The molecule has 0 saturated heterocycles. The van der Waals surface area contributed by atoms with Gasteiger partial charge in [-0.25, -0.2) is 4.98 Å². The monoisotopic (exact) mass is 368 g/mol. The molecule has 0 fully saturated rings. The number of halogens is 2. The molecule has 1 amide bonds. The molecule has 0 radical (unpaired) electrons. The molecule has 0 atom stereocenters. The summed E-state index contributed by atoms with van der Waals surface area (Å²) in [5, 5.41) is 2.76. The minimum absolute atomic E-state index is 0.161. The number of aromatic nitrogens is 1. The van der Waals surface area contributed by atoms with Gasteiger partial charge in [0.25, 0.3) is 5.91 Å². The normalized spacial score (nSPS) is 10.2. The van der Waals surface area contributed by atoms with Crippen LogP contribution in [0.2, 0.25) is 0 Å². The number of aryl methyl sites for hydroxylation is 1. The summed E-state index contributed by atoms with van der Waals surface area (Å²) < 4.78 is 1.83. The third-order valence-corrected chi connectivity index (χ3v) is 3.38. The average Bonchev–Trinajstić information content (AvgIpc) is 2.28. The van der Waals surface area contributed by atoms with Crippen molar-refractivity contribution in [2.45, 2.75) is 6.92 Å². The molecule has 0 aliphatic rings. The van der Waals surface area contributed by atoms with Crippen LogP contribution in [0.15, 0.2) is 45.5 Å². The Bertz CT molecular complexity index is 599. The van der Waals surface area contributed by atoms with Gasteiger partial charge in [0.2, 0.25) is 0 Å². The molecule has 2 aromatic rings. The number of pyridine rings is 1. The van der Waals surface area contributed by atoms with E-state index < -0.39 is 0 Å². The van der Waals surface area contributed by atoms with Crippen LogP contribution >= 0.6 is 31.9 Å². The van der Waals surface area contributed by atoms with E-state index in [-0.39, 0.29) is 5.91 Å². The van der Waals surface area contributed by atoms with Crippen molar-refractivity contribution in [2.75, 3.05) is 5.32 Å². The van der Waals surface area contributed by atoms with Gasteiger partial charge in [-0.2, -0.15) is 0 Å². The third-order valence-electron chi connectivity index (χ3n) is 2.40. The maximum Gasteiger partial charge on any atom is 0.257 e. The first kappa shape index (κ1) is 13.2. The number of carbonyl (C=O) groups is 1. The van der Waals surface area contributed by atoms with Gasteiger partial charge in [0.05, 0.1) is 0 Å². The van der Waals surface area contributed by atoms with Crippen molar-refractivity contribution in [2.24, 2.45) is 0 Å². The van der Waals surface area contributed by atoms with Crippen LogP contribution in [0.4, 0.5) is 5.82 Å². The highest BCUT2D eigenvalue weighted by molar-refractivity contribution is 9.10. The van der Waals surface area contributed by atoms with Crippen molar-refractivity contribution in [3.63, 3.8) is 0 Å². The molecular weight excluding hydrogens is 360 g/mol. The molecule has 92 valence electrons. The van der Waals surface area contributed by atoms with E-state index >= 15 is 0 Å². The highest BCUT2D eigenvalue weighted by Crippen LogP contribution is 2.18. The first-order valence-corrected chi connectivity index (χ1v) is 6.84. The number of nitrogens with one attached hydrogen (secondary N) is 1. The standard InChI is InChI=1S/C13H10Br2N2O/c1-8-6-9(14)2-3-11(8)13(18)17-12-7-10(15)4-5-16-12/h2-7H,1H3,(H,16,17,18). The number of anilines is 1. The van der Waals surface area contributed by atoms with Crippen LogP contribution in [-0.4, -0.2) is 10.9 Å². The summed E-state index contributed by atoms with van der Waals surface area (Å²) in [5.74, 6) is 0.363. The molecule has 5 heteroatoms. The second kappa shape index (κ2) is 5.63. The van der Waals surface area contributed by atoms with Gasteiger partial charge in [-0.15, -0.1) is 0 Å². The fourth-order valence-electron chi connectivity index (χ4n) is 1.54. The van der Waals surface area contributed by atoms with Gasteiger partial charge in [-0.05, 0) is 42.8 Å².